The highest BCUT2D eigenvalue weighted by Gasteiger charge is 2.20. The van der Waals surface area contributed by atoms with Crippen molar-refractivity contribution in [3.05, 3.63) is 28.8 Å². The highest BCUT2D eigenvalue weighted by molar-refractivity contribution is 6.32. The number of hydrogen-bond donors (Lipinski definition) is 1. The molecule has 1 aliphatic heterocycles. The summed E-state index contributed by atoms with van der Waals surface area (Å²) in [6.45, 7) is 2.31. The minimum absolute atomic E-state index is 0.396. The van der Waals surface area contributed by atoms with Crippen molar-refractivity contribution in [3.63, 3.8) is 0 Å². The topological polar surface area (TPSA) is 21.3 Å². The summed E-state index contributed by atoms with van der Waals surface area (Å²) in [6, 6.07) is 6.33. The second-order valence-electron chi connectivity index (χ2n) is 5.83. The lowest BCUT2D eigenvalue weighted by molar-refractivity contribution is 0.120. The lowest BCUT2D eigenvalue weighted by atomic mass is 9.91. The molecule has 1 heterocycles. The summed E-state index contributed by atoms with van der Waals surface area (Å²) in [5.74, 6) is 1.66. The zero-order valence-electron chi connectivity index (χ0n) is 11.3. The monoisotopic (exact) mass is 279 g/mol. The molecule has 0 aromatic heterocycles. The zero-order valence-corrected chi connectivity index (χ0v) is 12.1. The third kappa shape index (κ3) is 3.43. The fourth-order valence-electron chi connectivity index (χ4n) is 2.85. The highest BCUT2D eigenvalue weighted by Crippen LogP contribution is 2.32. The molecular weight excluding hydrogens is 258 g/mol. The second kappa shape index (κ2) is 6.15. The molecule has 0 amide bonds. The first-order valence-corrected chi connectivity index (χ1v) is 7.85. The third-order valence-electron chi connectivity index (χ3n) is 4.33. The molecule has 1 aromatic rings. The van der Waals surface area contributed by atoms with Crippen LogP contribution in [0.1, 0.15) is 37.7 Å². The Labute approximate surface area is 120 Å². The lowest BCUT2D eigenvalue weighted by Crippen LogP contribution is -2.28. The Bertz CT molecular complexity index is 425. The largest absolute Gasteiger partial charge is 0.489 e. The van der Waals surface area contributed by atoms with Gasteiger partial charge in [0.05, 0.1) is 11.1 Å². The number of piperidine rings is 1. The number of benzene rings is 1. The first-order valence-electron chi connectivity index (χ1n) is 7.47. The highest BCUT2D eigenvalue weighted by atomic mass is 35.5. The standard InChI is InChI=1S/C16H22ClNO/c17-15-11-13(10-12-6-8-18-9-7-12)4-5-16(15)19-14-2-1-3-14/h4-5,11-12,14,18H,1-3,6-10H2. The minimum atomic E-state index is 0.396. The molecule has 2 nitrogen and oxygen atoms in total. The van der Waals surface area contributed by atoms with Crippen LogP contribution in [-0.2, 0) is 6.42 Å². The van der Waals surface area contributed by atoms with Crippen molar-refractivity contribution < 1.29 is 4.74 Å². The predicted octanol–water partition coefficient (Wildman–Crippen LogP) is 3.81. The average Bonchev–Trinajstić information content (AvgIpc) is 2.37. The molecule has 0 atom stereocenters. The van der Waals surface area contributed by atoms with Gasteiger partial charge in [-0.15, -0.1) is 0 Å². The van der Waals surface area contributed by atoms with Gasteiger partial charge in [0.2, 0.25) is 0 Å². The number of halogens is 1. The van der Waals surface area contributed by atoms with E-state index in [4.69, 9.17) is 16.3 Å². The molecule has 1 saturated carbocycles. The molecule has 2 aliphatic rings. The van der Waals surface area contributed by atoms with Crippen molar-refractivity contribution in [3.8, 4) is 5.75 Å². The number of ether oxygens (including phenoxy) is 1. The smallest absolute Gasteiger partial charge is 0.138 e. The van der Waals surface area contributed by atoms with Crippen molar-refractivity contribution >= 4 is 11.6 Å². The summed E-state index contributed by atoms with van der Waals surface area (Å²) in [7, 11) is 0. The van der Waals surface area contributed by atoms with Crippen LogP contribution in [0.25, 0.3) is 0 Å². The van der Waals surface area contributed by atoms with Crippen LogP contribution in [0, 0.1) is 5.92 Å². The molecule has 1 saturated heterocycles. The molecule has 1 N–H and O–H groups in total. The molecular formula is C16H22ClNO. The van der Waals surface area contributed by atoms with E-state index in [-0.39, 0.29) is 0 Å². The maximum atomic E-state index is 6.33. The van der Waals surface area contributed by atoms with Gasteiger partial charge in [-0.25, -0.2) is 0 Å². The Morgan fingerprint density at radius 2 is 1.95 bits per heavy atom. The number of rotatable bonds is 4. The van der Waals surface area contributed by atoms with Gasteiger partial charge >= 0.3 is 0 Å². The van der Waals surface area contributed by atoms with Crippen molar-refractivity contribution in [1.29, 1.82) is 0 Å². The quantitative estimate of drug-likeness (QED) is 0.905. The molecule has 3 heteroatoms. The van der Waals surface area contributed by atoms with E-state index in [1.54, 1.807) is 0 Å². The van der Waals surface area contributed by atoms with Gasteiger partial charge in [-0.2, -0.15) is 0 Å². The van der Waals surface area contributed by atoms with Crippen LogP contribution in [0.15, 0.2) is 18.2 Å². The fourth-order valence-corrected chi connectivity index (χ4v) is 3.10. The maximum absolute atomic E-state index is 6.33. The van der Waals surface area contributed by atoms with Crippen LogP contribution in [0.3, 0.4) is 0 Å². The number of hydrogen-bond acceptors (Lipinski definition) is 2. The van der Waals surface area contributed by atoms with Gasteiger partial charge in [-0.3, -0.25) is 0 Å². The van der Waals surface area contributed by atoms with Crippen LogP contribution in [0.4, 0.5) is 0 Å². The fraction of sp³-hybridized carbons (Fsp3) is 0.625. The Morgan fingerprint density at radius 1 is 1.16 bits per heavy atom. The van der Waals surface area contributed by atoms with Gasteiger partial charge in [-0.05, 0) is 75.2 Å². The van der Waals surface area contributed by atoms with Gasteiger partial charge in [0.15, 0.2) is 0 Å². The maximum Gasteiger partial charge on any atom is 0.138 e. The van der Waals surface area contributed by atoms with Crippen molar-refractivity contribution in [2.24, 2.45) is 5.92 Å². The molecule has 2 fully saturated rings. The summed E-state index contributed by atoms with van der Waals surface area (Å²) in [5.41, 5.74) is 1.35. The molecule has 3 rings (SSSR count). The Hall–Kier alpha value is -0.730. The lowest BCUT2D eigenvalue weighted by Gasteiger charge is -2.27. The van der Waals surface area contributed by atoms with E-state index >= 15 is 0 Å². The van der Waals surface area contributed by atoms with E-state index in [9.17, 15) is 0 Å². The van der Waals surface area contributed by atoms with E-state index in [2.05, 4.69) is 23.5 Å². The average molecular weight is 280 g/mol. The van der Waals surface area contributed by atoms with Crippen molar-refractivity contribution in [1.82, 2.24) is 5.32 Å². The van der Waals surface area contributed by atoms with Crippen LogP contribution < -0.4 is 10.1 Å². The molecule has 0 spiro atoms. The first-order chi connectivity index (χ1) is 9.31. The minimum Gasteiger partial charge on any atom is -0.489 e. The third-order valence-corrected chi connectivity index (χ3v) is 4.62. The Morgan fingerprint density at radius 3 is 2.58 bits per heavy atom. The van der Waals surface area contributed by atoms with Crippen molar-refractivity contribution in [2.45, 2.75) is 44.6 Å². The van der Waals surface area contributed by atoms with E-state index in [0.29, 0.717) is 6.10 Å². The molecule has 0 bridgehead atoms. The molecule has 0 unspecified atom stereocenters. The van der Waals surface area contributed by atoms with Gasteiger partial charge in [0.1, 0.15) is 5.75 Å². The van der Waals surface area contributed by atoms with Gasteiger partial charge < -0.3 is 10.1 Å². The van der Waals surface area contributed by atoms with Crippen LogP contribution in [-0.4, -0.2) is 19.2 Å². The van der Waals surface area contributed by atoms with E-state index in [1.807, 2.05) is 0 Å². The van der Waals surface area contributed by atoms with Crippen LogP contribution in [0.5, 0.6) is 5.75 Å². The summed E-state index contributed by atoms with van der Waals surface area (Å²) in [6.07, 6.45) is 7.73. The number of nitrogens with one attached hydrogen (secondary N) is 1. The summed E-state index contributed by atoms with van der Waals surface area (Å²) in [4.78, 5) is 0. The van der Waals surface area contributed by atoms with E-state index < -0.39 is 0 Å². The molecule has 0 radical (unpaired) electrons. The molecule has 19 heavy (non-hydrogen) atoms. The van der Waals surface area contributed by atoms with Crippen LogP contribution in [0.2, 0.25) is 5.02 Å². The SMILES string of the molecule is Clc1cc(CC2CCNCC2)ccc1OC1CCC1. The zero-order chi connectivity index (χ0) is 13.1. The predicted molar refractivity (Wildman–Crippen MR) is 79.0 cm³/mol. The summed E-state index contributed by atoms with van der Waals surface area (Å²) in [5, 5.41) is 4.19. The van der Waals surface area contributed by atoms with Crippen LogP contribution >= 0.6 is 11.6 Å². The normalized spacial score (nSPS) is 21.1. The molecule has 1 aliphatic carbocycles. The molecule has 1 aromatic carbocycles. The summed E-state index contributed by atoms with van der Waals surface area (Å²) < 4.78 is 5.88. The summed E-state index contributed by atoms with van der Waals surface area (Å²) >= 11 is 6.33. The Kier molecular flexibility index (Phi) is 4.29. The second-order valence-corrected chi connectivity index (χ2v) is 6.24. The molecule has 104 valence electrons. The first kappa shape index (κ1) is 13.3. The van der Waals surface area contributed by atoms with Gasteiger partial charge in [0.25, 0.3) is 0 Å². The van der Waals surface area contributed by atoms with E-state index in [1.165, 1.54) is 37.7 Å². The Balaban J connectivity index is 1.61. The van der Waals surface area contributed by atoms with Gasteiger partial charge in [-0.1, -0.05) is 17.7 Å². The van der Waals surface area contributed by atoms with E-state index in [0.717, 1.165) is 36.2 Å². The van der Waals surface area contributed by atoms with Crippen molar-refractivity contribution in [2.75, 3.05) is 13.1 Å². The van der Waals surface area contributed by atoms with Gasteiger partial charge in [0, 0.05) is 0 Å².